The van der Waals surface area contributed by atoms with E-state index >= 15 is 0 Å². The Morgan fingerprint density at radius 3 is 2.36 bits per heavy atom. The average molecular weight is 380 g/mol. The van der Waals surface area contributed by atoms with Crippen LogP contribution in [-0.2, 0) is 17.8 Å². The summed E-state index contributed by atoms with van der Waals surface area (Å²) in [6.45, 7) is 3.24. The summed E-state index contributed by atoms with van der Waals surface area (Å²) in [5.41, 5.74) is 3.63. The first kappa shape index (κ1) is 19.0. The molecule has 1 unspecified atom stereocenters. The number of benzene rings is 2. The maximum absolute atomic E-state index is 12.7. The number of likely N-dealkylation sites (tertiary alicyclic amines) is 1. The third-order valence-electron chi connectivity index (χ3n) is 6.30. The summed E-state index contributed by atoms with van der Waals surface area (Å²) >= 11 is 0. The number of ketones is 1. The molecule has 0 aromatic heterocycles. The number of hydrogen-bond acceptors (Lipinski definition) is 4. The van der Waals surface area contributed by atoms with Crippen LogP contribution in [0.1, 0.15) is 41.9 Å². The van der Waals surface area contributed by atoms with Crippen LogP contribution in [0.25, 0.3) is 0 Å². The molecule has 0 saturated carbocycles. The third kappa shape index (κ3) is 3.93. The van der Waals surface area contributed by atoms with Crippen molar-refractivity contribution in [2.45, 2.75) is 38.1 Å². The van der Waals surface area contributed by atoms with Gasteiger partial charge in [-0.2, -0.15) is 0 Å². The second kappa shape index (κ2) is 8.36. The second-order valence-electron chi connectivity index (χ2n) is 8.04. The fourth-order valence-electron chi connectivity index (χ4n) is 4.71. The Hall–Kier alpha value is -2.33. The molecule has 0 spiro atoms. The number of carbonyl (C=O) groups is 1. The normalized spacial score (nSPS) is 20.2. The van der Waals surface area contributed by atoms with Gasteiger partial charge in [0.15, 0.2) is 11.5 Å². The smallest absolute Gasteiger partial charge is 0.161 e. The predicted octanol–water partition coefficient (Wildman–Crippen LogP) is 4.21. The highest BCUT2D eigenvalue weighted by Crippen LogP contribution is 2.42. The molecule has 1 aliphatic carbocycles. The largest absolute Gasteiger partial charge is 0.493 e. The number of rotatable bonds is 6. The summed E-state index contributed by atoms with van der Waals surface area (Å²) in [5.74, 6) is 2.40. The molecule has 0 amide bonds. The van der Waals surface area contributed by atoms with Gasteiger partial charge in [-0.15, -0.1) is 0 Å². The molecule has 2 aliphatic rings. The van der Waals surface area contributed by atoms with Crippen molar-refractivity contribution in [3.8, 4) is 11.5 Å². The second-order valence-corrected chi connectivity index (χ2v) is 8.04. The Kier molecular flexibility index (Phi) is 5.67. The Labute approximate surface area is 167 Å². The van der Waals surface area contributed by atoms with E-state index in [1.54, 1.807) is 14.2 Å². The maximum atomic E-state index is 12.7. The van der Waals surface area contributed by atoms with Gasteiger partial charge in [-0.1, -0.05) is 30.3 Å². The summed E-state index contributed by atoms with van der Waals surface area (Å²) in [6.07, 6.45) is 3.81. The van der Waals surface area contributed by atoms with Crippen LogP contribution in [0.4, 0.5) is 0 Å². The van der Waals surface area contributed by atoms with E-state index in [0.717, 1.165) is 42.9 Å². The van der Waals surface area contributed by atoms with Gasteiger partial charge in [0.05, 0.1) is 14.2 Å². The molecule has 2 aromatic rings. The van der Waals surface area contributed by atoms with Gasteiger partial charge in [0, 0.05) is 18.9 Å². The Balaban J connectivity index is 1.39. The average Bonchev–Trinajstić information content (AvgIpc) is 3.03. The van der Waals surface area contributed by atoms with E-state index in [2.05, 4.69) is 35.2 Å². The van der Waals surface area contributed by atoms with E-state index in [4.69, 9.17) is 9.47 Å². The van der Waals surface area contributed by atoms with Crippen molar-refractivity contribution in [2.24, 2.45) is 5.92 Å². The van der Waals surface area contributed by atoms with Crippen molar-refractivity contribution in [2.75, 3.05) is 27.3 Å². The zero-order chi connectivity index (χ0) is 19.5. The molecule has 4 nitrogen and oxygen atoms in total. The van der Waals surface area contributed by atoms with Crippen molar-refractivity contribution < 1.29 is 14.3 Å². The van der Waals surface area contributed by atoms with Crippen molar-refractivity contribution in [3.05, 3.63) is 59.2 Å². The molecule has 28 heavy (non-hydrogen) atoms. The lowest BCUT2D eigenvalue weighted by molar-refractivity contribution is -0.119. The molecule has 0 bridgehead atoms. The fraction of sp³-hybridized carbons (Fsp3) is 0.458. The maximum Gasteiger partial charge on any atom is 0.161 e. The van der Waals surface area contributed by atoms with E-state index in [-0.39, 0.29) is 5.92 Å². The first-order valence-electron chi connectivity index (χ1n) is 10.2. The van der Waals surface area contributed by atoms with Crippen LogP contribution < -0.4 is 9.47 Å². The first-order chi connectivity index (χ1) is 13.7. The molecule has 0 radical (unpaired) electrons. The van der Waals surface area contributed by atoms with Crippen LogP contribution in [0.5, 0.6) is 11.5 Å². The standard InChI is InChI=1S/C24H29NO3/c1-27-23-14-19-13-22(26)21(20(19)15-24(23)28-2)12-17-8-10-25(11-9-17)16-18-6-4-3-5-7-18/h3-7,14-15,17,21H,8-13,16H2,1-2H3. The molecule has 1 atom stereocenters. The molecule has 1 aliphatic heterocycles. The van der Waals surface area contributed by atoms with Crippen LogP contribution >= 0.6 is 0 Å². The van der Waals surface area contributed by atoms with Gasteiger partial charge in [-0.05, 0) is 67.1 Å². The monoisotopic (exact) mass is 379 g/mol. The SMILES string of the molecule is COc1cc2c(cc1OC)C(CC1CCN(Cc3ccccc3)CC1)C(=O)C2. The van der Waals surface area contributed by atoms with Crippen molar-refractivity contribution in [1.82, 2.24) is 4.90 Å². The van der Waals surface area contributed by atoms with E-state index < -0.39 is 0 Å². The lowest BCUT2D eigenvalue weighted by atomic mass is 9.84. The molecule has 1 fully saturated rings. The number of nitrogens with zero attached hydrogens (tertiary/aromatic N) is 1. The molecule has 1 heterocycles. The molecule has 1 saturated heterocycles. The highest BCUT2D eigenvalue weighted by atomic mass is 16.5. The lowest BCUT2D eigenvalue weighted by Crippen LogP contribution is -2.34. The van der Waals surface area contributed by atoms with Crippen molar-refractivity contribution in [1.29, 1.82) is 0 Å². The quantitative estimate of drug-likeness (QED) is 0.753. The summed E-state index contributed by atoms with van der Waals surface area (Å²) in [4.78, 5) is 15.2. The summed E-state index contributed by atoms with van der Waals surface area (Å²) in [5, 5.41) is 0. The summed E-state index contributed by atoms with van der Waals surface area (Å²) in [6, 6.07) is 14.7. The molecule has 2 aromatic carbocycles. The lowest BCUT2D eigenvalue weighted by Gasteiger charge is -2.33. The Morgan fingerprint density at radius 2 is 1.68 bits per heavy atom. The number of methoxy groups -OCH3 is 2. The molecule has 0 N–H and O–H groups in total. The predicted molar refractivity (Wildman–Crippen MR) is 110 cm³/mol. The van der Waals surface area contributed by atoms with Crippen LogP contribution in [0, 0.1) is 5.92 Å². The van der Waals surface area contributed by atoms with E-state index in [0.29, 0.717) is 23.9 Å². The van der Waals surface area contributed by atoms with Crippen LogP contribution in [0.2, 0.25) is 0 Å². The zero-order valence-corrected chi connectivity index (χ0v) is 16.8. The Morgan fingerprint density at radius 1 is 1.00 bits per heavy atom. The fourth-order valence-corrected chi connectivity index (χ4v) is 4.71. The molecule has 4 heteroatoms. The van der Waals surface area contributed by atoms with Crippen LogP contribution in [0.15, 0.2) is 42.5 Å². The number of piperidine rings is 1. The van der Waals surface area contributed by atoms with E-state index in [9.17, 15) is 4.79 Å². The molecular formula is C24H29NO3. The van der Waals surface area contributed by atoms with Gasteiger partial charge >= 0.3 is 0 Å². The van der Waals surface area contributed by atoms with E-state index in [1.165, 1.54) is 18.4 Å². The minimum absolute atomic E-state index is 0.0143. The Bertz CT molecular complexity index is 825. The van der Waals surface area contributed by atoms with Gasteiger partial charge in [0.1, 0.15) is 5.78 Å². The minimum atomic E-state index is 0.0143. The molecular weight excluding hydrogens is 350 g/mol. The van der Waals surface area contributed by atoms with Crippen molar-refractivity contribution in [3.63, 3.8) is 0 Å². The number of ether oxygens (including phenoxy) is 2. The van der Waals surface area contributed by atoms with Crippen LogP contribution in [-0.4, -0.2) is 38.0 Å². The summed E-state index contributed by atoms with van der Waals surface area (Å²) < 4.78 is 10.9. The third-order valence-corrected chi connectivity index (χ3v) is 6.30. The van der Waals surface area contributed by atoms with Gasteiger partial charge in [0.2, 0.25) is 0 Å². The highest BCUT2D eigenvalue weighted by Gasteiger charge is 2.34. The number of fused-ring (bicyclic) bond motifs is 1. The van der Waals surface area contributed by atoms with Crippen molar-refractivity contribution >= 4 is 5.78 Å². The van der Waals surface area contributed by atoms with Gasteiger partial charge in [0.25, 0.3) is 0 Å². The number of hydrogen-bond donors (Lipinski definition) is 0. The summed E-state index contributed by atoms with van der Waals surface area (Å²) in [7, 11) is 3.29. The van der Waals surface area contributed by atoms with Gasteiger partial charge in [-0.25, -0.2) is 0 Å². The number of Topliss-reactive ketones (excluding diaryl/α,β-unsaturated/α-hetero) is 1. The van der Waals surface area contributed by atoms with E-state index in [1.807, 2.05) is 12.1 Å². The zero-order valence-electron chi connectivity index (χ0n) is 16.8. The van der Waals surface area contributed by atoms with Crippen LogP contribution in [0.3, 0.4) is 0 Å². The first-order valence-corrected chi connectivity index (χ1v) is 10.2. The molecule has 4 rings (SSSR count). The number of carbonyl (C=O) groups excluding carboxylic acids is 1. The minimum Gasteiger partial charge on any atom is -0.493 e. The molecule has 148 valence electrons. The van der Waals surface area contributed by atoms with Gasteiger partial charge in [-0.3, -0.25) is 9.69 Å². The topological polar surface area (TPSA) is 38.8 Å². The highest BCUT2D eigenvalue weighted by molar-refractivity contribution is 5.93. The van der Waals surface area contributed by atoms with Gasteiger partial charge < -0.3 is 9.47 Å².